The molecule has 0 aliphatic heterocycles. The number of hydrogen-bond donors (Lipinski definition) is 2. The van der Waals surface area contributed by atoms with E-state index in [-0.39, 0.29) is 13.2 Å². The van der Waals surface area contributed by atoms with Crippen LogP contribution in [0.4, 0.5) is 0 Å². The van der Waals surface area contributed by atoms with Crippen LogP contribution >= 0.6 is 15.9 Å². The number of aliphatic hydroxyl groups is 2. The van der Waals surface area contributed by atoms with E-state index in [1.165, 1.54) is 0 Å². The number of aliphatic hydroxyl groups excluding tert-OH is 2. The van der Waals surface area contributed by atoms with Crippen molar-refractivity contribution in [1.82, 2.24) is 9.88 Å². The first-order chi connectivity index (χ1) is 9.74. The highest BCUT2D eigenvalue weighted by atomic mass is 79.9. The number of benzene rings is 1. The van der Waals surface area contributed by atoms with Crippen molar-refractivity contribution in [2.24, 2.45) is 0 Å². The highest BCUT2D eigenvalue weighted by Crippen LogP contribution is 2.28. The summed E-state index contributed by atoms with van der Waals surface area (Å²) < 4.78 is 6.68. The monoisotopic (exact) mass is 340 g/mol. The average Bonchev–Trinajstić information content (AvgIpc) is 2.88. The average molecular weight is 341 g/mol. The van der Waals surface area contributed by atoms with Gasteiger partial charge in [0.1, 0.15) is 0 Å². The van der Waals surface area contributed by atoms with Gasteiger partial charge in [-0.15, -0.1) is 0 Å². The first-order valence-corrected chi connectivity index (χ1v) is 7.17. The number of nitrogens with zero attached hydrogens (tertiary/aromatic N) is 2. The number of hydrogen-bond acceptors (Lipinski definition) is 5. The fourth-order valence-corrected chi connectivity index (χ4v) is 2.39. The molecule has 2 N–H and O–H groups in total. The maximum absolute atomic E-state index is 8.98. The van der Waals surface area contributed by atoms with Crippen molar-refractivity contribution in [1.29, 1.82) is 0 Å². The smallest absolute Gasteiger partial charge is 0.209 e. The Morgan fingerprint density at radius 1 is 1.15 bits per heavy atom. The van der Waals surface area contributed by atoms with Crippen LogP contribution in [0.1, 0.15) is 5.89 Å². The van der Waals surface area contributed by atoms with Crippen LogP contribution in [0.5, 0.6) is 0 Å². The lowest BCUT2D eigenvalue weighted by atomic mass is 10.2. The first kappa shape index (κ1) is 15.2. The second kappa shape index (κ2) is 7.54. The molecule has 0 amide bonds. The van der Waals surface area contributed by atoms with Gasteiger partial charge in [-0.25, -0.2) is 4.98 Å². The van der Waals surface area contributed by atoms with E-state index in [1.54, 1.807) is 6.20 Å². The van der Waals surface area contributed by atoms with Crippen LogP contribution in [0, 0.1) is 0 Å². The number of halogens is 1. The van der Waals surface area contributed by atoms with Gasteiger partial charge in [0.05, 0.1) is 26.0 Å². The van der Waals surface area contributed by atoms with Crippen molar-refractivity contribution in [2.75, 3.05) is 26.3 Å². The van der Waals surface area contributed by atoms with Gasteiger partial charge in [0.15, 0.2) is 5.76 Å². The lowest BCUT2D eigenvalue weighted by Crippen LogP contribution is -2.29. The van der Waals surface area contributed by atoms with Crippen molar-refractivity contribution in [3.8, 4) is 11.3 Å². The Hall–Kier alpha value is -1.21. The summed E-state index contributed by atoms with van der Waals surface area (Å²) in [7, 11) is 0. The molecule has 0 saturated heterocycles. The van der Waals surface area contributed by atoms with E-state index < -0.39 is 0 Å². The van der Waals surface area contributed by atoms with E-state index in [1.807, 2.05) is 29.2 Å². The predicted molar refractivity (Wildman–Crippen MR) is 79.1 cm³/mol. The van der Waals surface area contributed by atoms with Crippen LogP contribution < -0.4 is 0 Å². The van der Waals surface area contributed by atoms with E-state index in [9.17, 15) is 0 Å². The summed E-state index contributed by atoms with van der Waals surface area (Å²) in [6.45, 7) is 1.50. The van der Waals surface area contributed by atoms with Crippen molar-refractivity contribution in [3.63, 3.8) is 0 Å². The topological polar surface area (TPSA) is 69.7 Å². The van der Waals surface area contributed by atoms with Gasteiger partial charge in [-0.05, 0) is 6.07 Å². The predicted octanol–water partition coefficient (Wildman–Crippen LogP) is 1.89. The molecule has 0 saturated carbocycles. The summed E-state index contributed by atoms with van der Waals surface area (Å²) in [5.74, 6) is 1.26. The summed E-state index contributed by atoms with van der Waals surface area (Å²) in [5, 5.41) is 18.0. The molecule has 0 radical (unpaired) electrons. The zero-order valence-corrected chi connectivity index (χ0v) is 12.6. The minimum absolute atomic E-state index is 0.0395. The molecule has 0 fully saturated rings. The van der Waals surface area contributed by atoms with Crippen LogP contribution in [0.3, 0.4) is 0 Å². The zero-order chi connectivity index (χ0) is 14.4. The molecule has 108 valence electrons. The Balaban J connectivity index is 2.10. The minimum atomic E-state index is 0.0395. The highest BCUT2D eigenvalue weighted by molar-refractivity contribution is 9.10. The molecule has 1 aromatic carbocycles. The zero-order valence-electron chi connectivity index (χ0n) is 11.0. The molecule has 0 spiro atoms. The Morgan fingerprint density at radius 3 is 2.50 bits per heavy atom. The molecule has 1 heterocycles. The molecule has 5 nitrogen and oxygen atoms in total. The van der Waals surface area contributed by atoms with Crippen molar-refractivity contribution in [3.05, 3.63) is 40.8 Å². The van der Waals surface area contributed by atoms with Crippen LogP contribution in [0.15, 0.2) is 39.4 Å². The third kappa shape index (κ3) is 3.89. The molecular formula is C14H17BrN2O3. The fraction of sp³-hybridized carbons (Fsp3) is 0.357. The van der Waals surface area contributed by atoms with E-state index in [0.717, 1.165) is 10.0 Å². The lowest BCUT2D eigenvalue weighted by Gasteiger charge is -2.17. The van der Waals surface area contributed by atoms with Gasteiger partial charge in [0, 0.05) is 23.1 Å². The summed E-state index contributed by atoms with van der Waals surface area (Å²) >= 11 is 3.48. The Bertz CT molecular complexity index is 539. The van der Waals surface area contributed by atoms with Crippen molar-refractivity contribution >= 4 is 15.9 Å². The number of rotatable bonds is 7. The molecule has 2 rings (SSSR count). The van der Waals surface area contributed by atoms with E-state index >= 15 is 0 Å². The van der Waals surface area contributed by atoms with Gasteiger partial charge in [-0.1, -0.05) is 34.1 Å². The SMILES string of the molecule is OCCN(CCO)Cc1ncc(-c2ccccc2Br)o1. The maximum Gasteiger partial charge on any atom is 0.209 e. The van der Waals surface area contributed by atoms with Gasteiger partial charge >= 0.3 is 0 Å². The summed E-state index contributed by atoms with van der Waals surface area (Å²) in [6, 6.07) is 7.77. The molecule has 0 atom stereocenters. The molecular weight excluding hydrogens is 324 g/mol. The molecule has 2 aromatic rings. The Labute approximate surface area is 126 Å². The van der Waals surface area contributed by atoms with Crippen LogP contribution in [-0.4, -0.2) is 46.4 Å². The van der Waals surface area contributed by atoms with Crippen LogP contribution in [-0.2, 0) is 6.54 Å². The third-order valence-corrected chi connectivity index (χ3v) is 3.58. The Kier molecular flexibility index (Phi) is 5.72. The fourth-order valence-electron chi connectivity index (χ4n) is 1.91. The van der Waals surface area contributed by atoms with E-state index in [4.69, 9.17) is 14.6 Å². The molecule has 0 bridgehead atoms. The molecule has 0 unspecified atom stereocenters. The summed E-state index contributed by atoms with van der Waals surface area (Å²) in [4.78, 5) is 6.13. The summed E-state index contributed by atoms with van der Waals surface area (Å²) in [5.41, 5.74) is 0.946. The van der Waals surface area contributed by atoms with Gasteiger partial charge < -0.3 is 14.6 Å². The van der Waals surface area contributed by atoms with E-state index in [2.05, 4.69) is 20.9 Å². The quantitative estimate of drug-likeness (QED) is 0.805. The van der Waals surface area contributed by atoms with Crippen LogP contribution in [0.2, 0.25) is 0 Å². The van der Waals surface area contributed by atoms with Gasteiger partial charge in [-0.3, -0.25) is 4.90 Å². The van der Waals surface area contributed by atoms with Gasteiger partial charge in [0.2, 0.25) is 5.89 Å². The van der Waals surface area contributed by atoms with Gasteiger partial charge in [0.25, 0.3) is 0 Å². The maximum atomic E-state index is 8.98. The van der Waals surface area contributed by atoms with Gasteiger partial charge in [-0.2, -0.15) is 0 Å². The largest absolute Gasteiger partial charge is 0.439 e. The van der Waals surface area contributed by atoms with Crippen LogP contribution in [0.25, 0.3) is 11.3 Å². The van der Waals surface area contributed by atoms with Crippen molar-refractivity contribution in [2.45, 2.75) is 6.54 Å². The lowest BCUT2D eigenvalue weighted by molar-refractivity contribution is 0.147. The Morgan fingerprint density at radius 2 is 1.85 bits per heavy atom. The number of aromatic nitrogens is 1. The first-order valence-electron chi connectivity index (χ1n) is 6.38. The second-order valence-electron chi connectivity index (χ2n) is 4.32. The minimum Gasteiger partial charge on any atom is -0.439 e. The molecule has 0 aliphatic rings. The normalized spacial score (nSPS) is 11.2. The second-order valence-corrected chi connectivity index (χ2v) is 5.18. The molecule has 1 aromatic heterocycles. The van der Waals surface area contributed by atoms with E-state index in [0.29, 0.717) is 31.3 Å². The number of oxazole rings is 1. The molecule has 0 aliphatic carbocycles. The standard InChI is InChI=1S/C14H17BrN2O3/c15-12-4-2-1-3-11(12)13-9-16-14(20-13)10-17(5-7-18)6-8-19/h1-4,9,18-19H,5-8,10H2. The van der Waals surface area contributed by atoms with Crippen molar-refractivity contribution < 1.29 is 14.6 Å². The third-order valence-electron chi connectivity index (χ3n) is 2.88. The molecule has 20 heavy (non-hydrogen) atoms. The molecule has 6 heteroatoms. The highest BCUT2D eigenvalue weighted by Gasteiger charge is 2.12. The summed E-state index contributed by atoms with van der Waals surface area (Å²) in [6.07, 6.45) is 1.69.